The molecule has 0 aliphatic carbocycles. The molecule has 1 N–H and O–H groups in total. The predicted octanol–water partition coefficient (Wildman–Crippen LogP) is 6.03. The lowest BCUT2D eigenvalue weighted by Crippen LogP contribution is -2.39. The summed E-state index contributed by atoms with van der Waals surface area (Å²) in [5, 5.41) is 8.10. The van der Waals surface area contributed by atoms with Crippen molar-refractivity contribution in [2.45, 2.75) is 30.2 Å². The van der Waals surface area contributed by atoms with Crippen LogP contribution >= 0.6 is 50.7 Å². The van der Waals surface area contributed by atoms with Crippen molar-refractivity contribution in [2.24, 2.45) is 0 Å². The lowest BCUT2D eigenvalue weighted by atomic mass is 9.96. The van der Waals surface area contributed by atoms with Crippen LogP contribution in [0.1, 0.15) is 30.0 Å². The second-order valence-corrected chi connectivity index (χ2v) is 12.4. The van der Waals surface area contributed by atoms with Gasteiger partial charge in [-0.15, -0.1) is 0 Å². The van der Waals surface area contributed by atoms with Gasteiger partial charge in [-0.2, -0.15) is 13.9 Å². The summed E-state index contributed by atoms with van der Waals surface area (Å²) in [7, 11) is -3.94. The summed E-state index contributed by atoms with van der Waals surface area (Å²) < 4.78 is 30.9. The van der Waals surface area contributed by atoms with E-state index in [1.807, 2.05) is 18.2 Å². The third kappa shape index (κ3) is 5.07. The van der Waals surface area contributed by atoms with Gasteiger partial charge in [0, 0.05) is 49.0 Å². The van der Waals surface area contributed by atoms with Crippen molar-refractivity contribution in [1.82, 2.24) is 23.9 Å². The summed E-state index contributed by atoms with van der Waals surface area (Å²) in [6, 6.07) is 8.55. The van der Waals surface area contributed by atoms with Crippen molar-refractivity contribution in [3.05, 3.63) is 79.7 Å². The fourth-order valence-corrected chi connectivity index (χ4v) is 7.66. The molecule has 1 aliphatic heterocycles. The molecule has 1 unspecified atom stereocenters. The van der Waals surface area contributed by atoms with Crippen molar-refractivity contribution in [1.29, 1.82) is 0 Å². The van der Waals surface area contributed by atoms with Crippen molar-refractivity contribution in [3.8, 4) is 0 Å². The number of nitrogens with zero attached hydrogens (tertiary/aromatic N) is 5. The van der Waals surface area contributed by atoms with Gasteiger partial charge in [0.1, 0.15) is 10.7 Å². The van der Waals surface area contributed by atoms with Crippen LogP contribution in [-0.2, 0) is 16.6 Å². The molecular weight excluding hydrogens is 611 g/mol. The maximum atomic E-state index is 13.5. The highest BCUT2D eigenvalue weighted by atomic mass is 79.9. The zero-order valence-electron chi connectivity index (χ0n) is 18.7. The molecule has 1 aliphatic rings. The minimum atomic E-state index is -3.94. The first-order valence-electron chi connectivity index (χ1n) is 11.1. The van der Waals surface area contributed by atoms with Crippen molar-refractivity contribution in [3.63, 3.8) is 0 Å². The first-order chi connectivity index (χ1) is 17.2. The highest BCUT2D eigenvalue weighted by molar-refractivity contribution is 9.10. The molecule has 188 valence electrons. The number of sulfonamides is 1. The number of halogens is 4. The van der Waals surface area contributed by atoms with E-state index in [0.29, 0.717) is 25.2 Å². The molecule has 36 heavy (non-hydrogen) atoms. The lowest BCUT2D eigenvalue weighted by molar-refractivity contribution is 0.313. The Bertz CT molecular complexity index is 1510. The molecule has 13 heteroatoms. The standard InChI is InChI=1S/C23H20BrCl3N6O2S/c24-17-12-30-33-21(29-11-14-3-1-5-28-10-14)9-20(31-23(17)33)15-4-2-6-32(13-15)36(34,35)22-18(26)7-16(25)8-19(22)27/h1,3,5,7-10,12,15,29H,2,4,6,11,13H2. The molecule has 0 saturated carbocycles. The number of hydrogen-bond acceptors (Lipinski definition) is 6. The van der Waals surface area contributed by atoms with Crippen LogP contribution in [-0.4, -0.2) is 45.4 Å². The minimum absolute atomic E-state index is 0.000698. The molecule has 4 heterocycles. The topological polar surface area (TPSA) is 92.5 Å². The van der Waals surface area contributed by atoms with Gasteiger partial charge in [0.25, 0.3) is 0 Å². The highest BCUT2D eigenvalue weighted by Crippen LogP contribution is 2.37. The van der Waals surface area contributed by atoms with Crippen molar-refractivity contribution in [2.75, 3.05) is 18.4 Å². The van der Waals surface area contributed by atoms with Crippen LogP contribution < -0.4 is 5.32 Å². The Kier molecular flexibility index (Phi) is 7.44. The SMILES string of the molecule is O=S(=O)(c1c(Cl)cc(Cl)cc1Cl)N1CCCC(c2cc(NCc3cccnc3)n3ncc(Br)c3n2)C1. The maximum absolute atomic E-state index is 13.5. The predicted molar refractivity (Wildman–Crippen MR) is 144 cm³/mol. The molecule has 5 rings (SSSR count). The van der Waals surface area contributed by atoms with Crippen LogP contribution in [0.25, 0.3) is 5.65 Å². The third-order valence-corrected chi connectivity index (χ3v) is 9.57. The van der Waals surface area contributed by atoms with Gasteiger partial charge in [0.2, 0.25) is 10.0 Å². The monoisotopic (exact) mass is 628 g/mol. The largest absolute Gasteiger partial charge is 0.366 e. The molecule has 3 aromatic heterocycles. The smallest absolute Gasteiger partial charge is 0.246 e. The van der Waals surface area contributed by atoms with Gasteiger partial charge < -0.3 is 5.32 Å². The van der Waals surface area contributed by atoms with E-state index in [-0.39, 0.29) is 32.4 Å². The maximum Gasteiger partial charge on any atom is 0.246 e. The van der Waals surface area contributed by atoms with E-state index in [9.17, 15) is 8.42 Å². The van der Waals surface area contributed by atoms with E-state index in [4.69, 9.17) is 39.8 Å². The van der Waals surface area contributed by atoms with Gasteiger partial charge in [-0.3, -0.25) is 4.98 Å². The van der Waals surface area contributed by atoms with Gasteiger partial charge in [-0.1, -0.05) is 40.9 Å². The molecule has 1 aromatic carbocycles. The van der Waals surface area contributed by atoms with E-state index >= 15 is 0 Å². The molecule has 1 atom stereocenters. The second kappa shape index (κ2) is 10.4. The number of hydrogen-bond donors (Lipinski definition) is 1. The summed E-state index contributed by atoms with van der Waals surface area (Å²) in [4.78, 5) is 8.85. The number of anilines is 1. The quantitative estimate of drug-likeness (QED) is 0.280. The normalized spacial score (nSPS) is 16.9. The number of nitrogens with one attached hydrogen (secondary N) is 1. The first kappa shape index (κ1) is 25.7. The summed E-state index contributed by atoms with van der Waals surface area (Å²) in [5.41, 5.74) is 2.43. The van der Waals surface area contributed by atoms with Crippen molar-refractivity contribution < 1.29 is 8.42 Å². The number of fused-ring (bicyclic) bond motifs is 1. The molecular formula is C23H20BrCl3N6O2S. The van der Waals surface area contributed by atoms with Gasteiger partial charge in [-0.05, 0) is 52.5 Å². The average molecular weight is 631 g/mol. The number of pyridine rings is 1. The Hall–Kier alpha value is -1.95. The summed E-state index contributed by atoms with van der Waals surface area (Å²) in [5.74, 6) is 0.609. The molecule has 0 amide bonds. The van der Waals surface area contributed by atoms with Crippen molar-refractivity contribution >= 4 is 72.2 Å². The lowest BCUT2D eigenvalue weighted by Gasteiger charge is -2.32. The van der Waals surface area contributed by atoms with E-state index < -0.39 is 10.0 Å². The van der Waals surface area contributed by atoms with E-state index in [0.717, 1.165) is 28.0 Å². The number of benzene rings is 1. The van der Waals surface area contributed by atoms with E-state index in [2.05, 4.69) is 31.3 Å². The molecule has 4 aromatic rings. The molecule has 8 nitrogen and oxygen atoms in total. The average Bonchev–Trinajstić information content (AvgIpc) is 3.23. The second-order valence-electron chi connectivity index (χ2n) is 8.41. The zero-order chi connectivity index (χ0) is 25.4. The molecule has 1 fully saturated rings. The fourth-order valence-electron chi connectivity index (χ4n) is 4.29. The van der Waals surface area contributed by atoms with E-state index in [1.54, 1.807) is 23.1 Å². The van der Waals surface area contributed by atoms with Gasteiger partial charge in [0.05, 0.1) is 26.4 Å². The molecule has 1 saturated heterocycles. The van der Waals surface area contributed by atoms with Gasteiger partial charge in [0.15, 0.2) is 5.65 Å². The Morgan fingerprint density at radius 1 is 1.14 bits per heavy atom. The van der Waals surface area contributed by atoms with Crippen LogP contribution in [0.2, 0.25) is 15.1 Å². The van der Waals surface area contributed by atoms with Crippen LogP contribution in [0.3, 0.4) is 0 Å². The zero-order valence-corrected chi connectivity index (χ0v) is 23.4. The minimum Gasteiger partial charge on any atom is -0.366 e. The molecule has 0 radical (unpaired) electrons. The van der Waals surface area contributed by atoms with E-state index in [1.165, 1.54) is 16.4 Å². The summed E-state index contributed by atoms with van der Waals surface area (Å²) in [6.45, 7) is 1.15. The first-order valence-corrected chi connectivity index (χ1v) is 14.4. The number of rotatable bonds is 6. The molecule has 0 spiro atoms. The third-order valence-electron chi connectivity index (χ3n) is 6.01. The highest BCUT2D eigenvalue weighted by Gasteiger charge is 2.34. The number of piperidine rings is 1. The van der Waals surface area contributed by atoms with Gasteiger partial charge in [-0.25, -0.2) is 13.4 Å². The Labute approximate surface area is 231 Å². The van der Waals surface area contributed by atoms with Crippen LogP contribution in [0, 0.1) is 0 Å². The summed E-state index contributed by atoms with van der Waals surface area (Å²) >= 11 is 22.0. The summed E-state index contributed by atoms with van der Waals surface area (Å²) in [6.07, 6.45) is 6.65. The number of aromatic nitrogens is 4. The van der Waals surface area contributed by atoms with Crippen LogP contribution in [0.5, 0.6) is 0 Å². The van der Waals surface area contributed by atoms with Crippen LogP contribution in [0.4, 0.5) is 5.82 Å². The Morgan fingerprint density at radius 3 is 2.64 bits per heavy atom. The van der Waals surface area contributed by atoms with Gasteiger partial charge >= 0.3 is 0 Å². The Morgan fingerprint density at radius 2 is 1.92 bits per heavy atom. The molecule has 0 bridgehead atoms. The Balaban J connectivity index is 1.46. The van der Waals surface area contributed by atoms with Crippen LogP contribution in [0.15, 0.2) is 58.3 Å². The fraction of sp³-hybridized carbons (Fsp3) is 0.261.